The Hall–Kier alpha value is 0.230. The Morgan fingerprint density at radius 1 is 1.40 bits per heavy atom. The van der Waals surface area contributed by atoms with Crippen molar-refractivity contribution in [1.82, 2.24) is 4.98 Å². The zero-order chi connectivity index (χ0) is 6.69. The molecule has 0 aliphatic carbocycles. The third kappa shape index (κ3) is 2.88. The second-order valence-corrected chi connectivity index (χ2v) is 4.11. The van der Waals surface area contributed by atoms with Crippen LogP contribution in [0.15, 0.2) is 29.4 Å². The fourth-order valence-electron chi connectivity index (χ4n) is 0.589. The average molecular weight is 267 g/mol. The molecule has 0 aliphatic rings. The minimum Gasteiger partial charge on any atom is -1.00 e. The molecule has 1 aromatic heterocycles. The van der Waals surface area contributed by atoms with Crippen LogP contribution in [-0.2, 0) is 10.9 Å². The second-order valence-electron chi connectivity index (χ2n) is 2.01. The van der Waals surface area contributed by atoms with Crippen molar-refractivity contribution < 1.29 is 24.0 Å². The highest BCUT2D eigenvalue weighted by atomic mass is 127. The lowest BCUT2D eigenvalue weighted by Gasteiger charge is -1.91. The quantitative estimate of drug-likeness (QED) is 0.438. The summed E-state index contributed by atoms with van der Waals surface area (Å²) < 4.78 is 0. The second kappa shape index (κ2) is 4.96. The molecule has 0 unspecified atom stereocenters. The average Bonchev–Trinajstić information content (AvgIpc) is 1.90. The van der Waals surface area contributed by atoms with Crippen LogP contribution in [0.4, 0.5) is 0 Å². The molecule has 0 fully saturated rings. The van der Waals surface area contributed by atoms with Crippen molar-refractivity contribution in [3.05, 3.63) is 24.5 Å². The molecule has 0 radical (unpaired) electrons. The van der Waals surface area contributed by atoms with E-state index in [1.165, 1.54) is 4.90 Å². The van der Waals surface area contributed by atoms with Crippen molar-refractivity contribution in [3.8, 4) is 0 Å². The number of pyridine rings is 1. The van der Waals surface area contributed by atoms with E-state index in [1.54, 1.807) is 6.20 Å². The van der Waals surface area contributed by atoms with Crippen LogP contribution >= 0.6 is 0 Å². The summed E-state index contributed by atoms with van der Waals surface area (Å²) in [4.78, 5) is 5.34. The van der Waals surface area contributed by atoms with Crippen LogP contribution in [0.5, 0.6) is 0 Å². The van der Waals surface area contributed by atoms with Gasteiger partial charge in [-0.1, -0.05) is 0 Å². The third-order valence-electron chi connectivity index (χ3n) is 1.11. The zero-order valence-electron chi connectivity index (χ0n) is 6.04. The predicted octanol–water partition coefficient (Wildman–Crippen LogP) is -1.68. The van der Waals surface area contributed by atoms with Gasteiger partial charge in [-0.15, -0.1) is 0 Å². The molecule has 0 bridgehead atoms. The van der Waals surface area contributed by atoms with E-state index in [0.29, 0.717) is 10.9 Å². The molecule has 3 heteroatoms. The van der Waals surface area contributed by atoms with Crippen LogP contribution in [0, 0.1) is 0 Å². The summed E-state index contributed by atoms with van der Waals surface area (Å²) >= 11 is 0. The van der Waals surface area contributed by atoms with Crippen LogP contribution in [0.3, 0.4) is 0 Å². The van der Waals surface area contributed by atoms with Crippen LogP contribution in [-0.4, -0.2) is 17.5 Å². The van der Waals surface area contributed by atoms with E-state index < -0.39 is 0 Å². The highest BCUT2D eigenvalue weighted by Gasteiger charge is 2.04. The molecule has 0 saturated heterocycles. The zero-order valence-corrected chi connectivity index (χ0v) is 9.02. The van der Waals surface area contributed by atoms with Crippen molar-refractivity contribution in [2.24, 2.45) is 0 Å². The van der Waals surface area contributed by atoms with Crippen molar-refractivity contribution in [1.29, 1.82) is 0 Å². The summed E-state index contributed by atoms with van der Waals surface area (Å²) in [6, 6.07) is 4.08. The van der Waals surface area contributed by atoms with Gasteiger partial charge in [-0.2, -0.15) is 0 Å². The molecule has 1 rings (SSSR count). The van der Waals surface area contributed by atoms with Gasteiger partial charge in [0.25, 0.3) is 0 Å². The number of halogens is 1. The maximum atomic E-state index is 4.01. The topological polar surface area (TPSA) is 12.9 Å². The summed E-state index contributed by atoms with van der Waals surface area (Å²) in [5.74, 6) is 0. The monoisotopic (exact) mass is 267 g/mol. The first kappa shape index (κ1) is 10.2. The first-order valence-corrected chi connectivity index (χ1v) is 4.82. The van der Waals surface area contributed by atoms with Crippen molar-refractivity contribution >= 4 is 10.9 Å². The molecule has 56 valence electrons. The minimum atomic E-state index is 0. The normalized spacial score (nSPS) is 9.10. The molecule has 10 heavy (non-hydrogen) atoms. The molecule has 0 atom stereocenters. The van der Waals surface area contributed by atoms with E-state index >= 15 is 0 Å². The number of hydrogen-bond donors (Lipinski definition) is 0. The van der Waals surface area contributed by atoms with Crippen LogP contribution < -0.4 is 24.0 Å². The molecule has 1 nitrogen and oxygen atoms in total. The first-order valence-electron chi connectivity index (χ1n) is 2.78. The largest absolute Gasteiger partial charge is 1.00 e. The molecule has 0 N–H and O–H groups in total. The van der Waals surface area contributed by atoms with Crippen LogP contribution in [0.25, 0.3) is 0 Å². The minimum absolute atomic E-state index is 0. The van der Waals surface area contributed by atoms with Gasteiger partial charge in [0, 0.05) is 17.1 Å². The Morgan fingerprint density at radius 3 is 2.40 bits per heavy atom. The van der Waals surface area contributed by atoms with Gasteiger partial charge in [-0.3, -0.25) is 4.98 Å². The Balaban J connectivity index is 0.000000810. The maximum absolute atomic E-state index is 4.01. The van der Waals surface area contributed by atoms with Gasteiger partial charge in [0.05, 0.1) is 6.20 Å². The van der Waals surface area contributed by atoms with E-state index in [-0.39, 0.29) is 24.0 Å². The number of aromatic nitrogens is 1. The Kier molecular flexibility index (Phi) is 5.07. The van der Waals surface area contributed by atoms with E-state index in [9.17, 15) is 0 Å². The molecule has 0 amide bonds. The van der Waals surface area contributed by atoms with Gasteiger partial charge in [0.2, 0.25) is 0 Å². The van der Waals surface area contributed by atoms with Gasteiger partial charge in [-0.05, 0) is 12.1 Å². The Bertz CT molecular complexity index is 176. The number of hydrogen-bond acceptors (Lipinski definition) is 1. The van der Waals surface area contributed by atoms with Crippen molar-refractivity contribution in [3.63, 3.8) is 0 Å². The van der Waals surface area contributed by atoms with Gasteiger partial charge < -0.3 is 24.0 Å². The van der Waals surface area contributed by atoms with Crippen molar-refractivity contribution in [2.45, 2.75) is 4.90 Å². The molecule has 0 aliphatic heterocycles. The fourth-order valence-corrected chi connectivity index (χ4v) is 1.21. The smallest absolute Gasteiger partial charge is 0.172 e. The number of rotatable bonds is 1. The predicted molar refractivity (Wildman–Crippen MR) is 41.7 cm³/mol. The highest BCUT2D eigenvalue weighted by molar-refractivity contribution is 7.95. The maximum Gasteiger partial charge on any atom is 0.172 e. The molecule has 1 aromatic rings. The Morgan fingerprint density at radius 2 is 2.10 bits per heavy atom. The van der Waals surface area contributed by atoms with Crippen LogP contribution in [0.2, 0.25) is 0 Å². The van der Waals surface area contributed by atoms with E-state index in [1.807, 2.05) is 12.3 Å². The summed E-state index contributed by atoms with van der Waals surface area (Å²) in [5.41, 5.74) is 0. The van der Waals surface area contributed by atoms with E-state index in [2.05, 4.69) is 23.6 Å². The summed E-state index contributed by atoms with van der Waals surface area (Å²) in [7, 11) is 0.359. The lowest BCUT2D eigenvalue weighted by molar-refractivity contribution is -0.00000204. The van der Waals surface area contributed by atoms with Gasteiger partial charge in [0.15, 0.2) is 4.90 Å². The van der Waals surface area contributed by atoms with Gasteiger partial charge in [0.1, 0.15) is 12.5 Å². The molecular weight excluding hydrogens is 257 g/mol. The van der Waals surface area contributed by atoms with E-state index in [0.717, 1.165) is 0 Å². The van der Waals surface area contributed by atoms with Crippen molar-refractivity contribution in [2.75, 3.05) is 12.5 Å². The Labute approximate surface area is 81.6 Å². The third-order valence-corrected chi connectivity index (χ3v) is 2.29. The lowest BCUT2D eigenvalue weighted by Crippen LogP contribution is -3.00. The standard InChI is InChI=1S/C7H10NS.HI/c1-9(2)7-4-3-5-8-6-7;/h3-6H,1-2H3;1H/q+1;/p-1. The number of nitrogens with zero attached hydrogens (tertiary/aromatic N) is 1. The SMILES string of the molecule is C[S+](C)c1cccnc1.[I-]. The fraction of sp³-hybridized carbons (Fsp3) is 0.286. The first-order chi connectivity index (χ1) is 4.30. The molecular formula is C7H10INS. The van der Waals surface area contributed by atoms with Gasteiger partial charge >= 0.3 is 0 Å². The van der Waals surface area contributed by atoms with E-state index in [4.69, 9.17) is 0 Å². The highest BCUT2D eigenvalue weighted by Crippen LogP contribution is 2.04. The summed E-state index contributed by atoms with van der Waals surface area (Å²) in [6.07, 6.45) is 8.10. The molecule has 0 spiro atoms. The molecule has 1 heterocycles. The summed E-state index contributed by atoms with van der Waals surface area (Å²) in [6.45, 7) is 0. The van der Waals surface area contributed by atoms with Gasteiger partial charge in [-0.25, -0.2) is 0 Å². The van der Waals surface area contributed by atoms with Crippen LogP contribution in [0.1, 0.15) is 0 Å². The molecule has 0 aromatic carbocycles. The molecule has 0 saturated carbocycles. The lowest BCUT2D eigenvalue weighted by atomic mass is 10.5. The summed E-state index contributed by atoms with van der Waals surface area (Å²) in [5, 5.41) is 0.